The molecule has 0 aliphatic heterocycles. The van der Waals surface area contributed by atoms with Crippen LogP contribution in [0.1, 0.15) is 39.0 Å². The first-order valence-corrected chi connectivity index (χ1v) is 7.96. The number of amides is 1. The fraction of sp³-hybridized carbons (Fsp3) is 0.533. The highest BCUT2D eigenvalue weighted by Gasteiger charge is 2.35. The molecule has 1 aromatic rings. The largest absolute Gasteiger partial charge is 0.324 e. The maximum Gasteiger partial charge on any atom is 0.244 e. The van der Waals surface area contributed by atoms with Gasteiger partial charge in [0.1, 0.15) is 0 Å². The molecule has 0 radical (unpaired) electrons. The van der Waals surface area contributed by atoms with E-state index in [9.17, 15) is 4.79 Å². The molecule has 3 nitrogen and oxygen atoms in total. The van der Waals surface area contributed by atoms with E-state index < -0.39 is 5.54 Å². The smallest absolute Gasteiger partial charge is 0.244 e. The minimum atomic E-state index is -0.674. The Hall–Kier alpha value is -1.00. The molecule has 104 valence electrons. The Kier molecular flexibility index (Phi) is 4.88. The molecule has 0 saturated heterocycles. The average Bonchev–Trinajstić information content (AvgIpc) is 2.40. The Morgan fingerprint density at radius 1 is 1.37 bits per heavy atom. The maximum atomic E-state index is 12.3. The summed E-state index contributed by atoms with van der Waals surface area (Å²) in [6, 6.07) is 7.96. The zero-order chi connectivity index (χ0) is 13.7. The number of benzene rings is 1. The molecular formula is C15H22N2OS. The number of nitrogens with one attached hydrogen (secondary N) is 1. The highest BCUT2D eigenvalue weighted by Crippen LogP contribution is 2.28. The molecule has 0 spiro atoms. The van der Waals surface area contributed by atoms with E-state index >= 15 is 0 Å². The summed E-state index contributed by atoms with van der Waals surface area (Å²) in [7, 11) is 0. The molecular weight excluding hydrogens is 256 g/mol. The van der Waals surface area contributed by atoms with Crippen LogP contribution in [-0.2, 0) is 4.79 Å². The van der Waals surface area contributed by atoms with Crippen LogP contribution in [-0.4, -0.2) is 17.2 Å². The monoisotopic (exact) mass is 278 g/mol. The van der Waals surface area contributed by atoms with Crippen molar-refractivity contribution in [3.05, 3.63) is 24.3 Å². The quantitative estimate of drug-likeness (QED) is 0.830. The van der Waals surface area contributed by atoms with Gasteiger partial charge in [0, 0.05) is 10.6 Å². The van der Waals surface area contributed by atoms with Gasteiger partial charge in [0.15, 0.2) is 0 Å². The van der Waals surface area contributed by atoms with Crippen LogP contribution in [0, 0.1) is 0 Å². The summed E-state index contributed by atoms with van der Waals surface area (Å²) < 4.78 is 0. The van der Waals surface area contributed by atoms with Crippen molar-refractivity contribution in [2.24, 2.45) is 5.73 Å². The van der Waals surface area contributed by atoms with Gasteiger partial charge in [-0.1, -0.05) is 32.3 Å². The number of carbonyl (C=O) groups excluding carboxylic acids is 1. The molecule has 1 amide bonds. The van der Waals surface area contributed by atoms with Crippen LogP contribution < -0.4 is 11.1 Å². The number of thioether (sulfide) groups is 1. The summed E-state index contributed by atoms with van der Waals surface area (Å²) >= 11 is 1.77. The van der Waals surface area contributed by atoms with Crippen molar-refractivity contribution >= 4 is 23.4 Å². The molecule has 1 fully saturated rings. The Bertz CT molecular complexity index is 442. The minimum Gasteiger partial charge on any atom is -0.324 e. The van der Waals surface area contributed by atoms with E-state index in [0.29, 0.717) is 0 Å². The molecule has 1 aliphatic rings. The Balaban J connectivity index is 2.03. The molecule has 3 N–H and O–H groups in total. The highest BCUT2D eigenvalue weighted by atomic mass is 32.2. The number of hydrogen-bond acceptors (Lipinski definition) is 3. The van der Waals surface area contributed by atoms with E-state index in [4.69, 9.17) is 5.73 Å². The van der Waals surface area contributed by atoms with Crippen LogP contribution in [0.15, 0.2) is 29.2 Å². The zero-order valence-corrected chi connectivity index (χ0v) is 12.3. The summed E-state index contributed by atoms with van der Waals surface area (Å²) in [5.74, 6) is 0.990. The lowest BCUT2D eigenvalue weighted by Gasteiger charge is -2.31. The van der Waals surface area contributed by atoms with Gasteiger partial charge < -0.3 is 11.1 Å². The summed E-state index contributed by atoms with van der Waals surface area (Å²) in [5.41, 5.74) is 6.40. The van der Waals surface area contributed by atoms with Crippen LogP contribution in [0.25, 0.3) is 0 Å². The topological polar surface area (TPSA) is 55.1 Å². The number of rotatable bonds is 4. The molecule has 0 heterocycles. The SMILES string of the molecule is CCSc1cccc(NC(=O)C2(N)CCCCC2)c1. The fourth-order valence-electron chi connectivity index (χ4n) is 2.50. The second-order valence-electron chi connectivity index (χ2n) is 5.13. The lowest BCUT2D eigenvalue weighted by atomic mass is 9.82. The first-order chi connectivity index (χ1) is 9.14. The number of carbonyl (C=O) groups is 1. The van der Waals surface area contributed by atoms with Crippen molar-refractivity contribution in [2.75, 3.05) is 11.1 Å². The van der Waals surface area contributed by atoms with Crippen molar-refractivity contribution in [3.63, 3.8) is 0 Å². The van der Waals surface area contributed by atoms with Crippen LogP contribution in [0.2, 0.25) is 0 Å². The third kappa shape index (κ3) is 3.74. The van der Waals surface area contributed by atoms with Gasteiger partial charge in [0.05, 0.1) is 5.54 Å². The Morgan fingerprint density at radius 2 is 2.11 bits per heavy atom. The summed E-state index contributed by atoms with van der Waals surface area (Å²) in [6.45, 7) is 2.12. The number of hydrogen-bond donors (Lipinski definition) is 2. The van der Waals surface area contributed by atoms with Gasteiger partial charge in [-0.15, -0.1) is 11.8 Å². The van der Waals surface area contributed by atoms with Crippen molar-refractivity contribution < 1.29 is 4.79 Å². The summed E-state index contributed by atoms with van der Waals surface area (Å²) in [5, 5.41) is 2.97. The van der Waals surface area contributed by atoms with Crippen molar-refractivity contribution in [2.45, 2.75) is 49.5 Å². The molecule has 0 unspecified atom stereocenters. The summed E-state index contributed by atoms with van der Waals surface area (Å²) in [6.07, 6.45) is 4.88. The van der Waals surface area contributed by atoms with E-state index in [2.05, 4.69) is 18.3 Å². The highest BCUT2D eigenvalue weighted by molar-refractivity contribution is 7.99. The molecule has 1 saturated carbocycles. The van der Waals surface area contributed by atoms with E-state index in [1.165, 1.54) is 11.3 Å². The van der Waals surface area contributed by atoms with Crippen LogP contribution in [0.3, 0.4) is 0 Å². The normalized spacial score (nSPS) is 18.0. The Labute approximate surface area is 119 Å². The van der Waals surface area contributed by atoms with E-state index in [-0.39, 0.29) is 5.91 Å². The van der Waals surface area contributed by atoms with Gasteiger partial charge in [-0.05, 0) is 36.8 Å². The van der Waals surface area contributed by atoms with Crippen LogP contribution in [0.5, 0.6) is 0 Å². The molecule has 1 aromatic carbocycles. The van der Waals surface area contributed by atoms with Gasteiger partial charge in [-0.25, -0.2) is 0 Å². The molecule has 2 rings (SSSR count). The minimum absolute atomic E-state index is 0.0363. The molecule has 0 atom stereocenters. The van der Waals surface area contributed by atoms with Crippen molar-refractivity contribution in [3.8, 4) is 0 Å². The van der Waals surface area contributed by atoms with Crippen molar-refractivity contribution in [1.29, 1.82) is 0 Å². The van der Waals surface area contributed by atoms with Gasteiger partial charge in [0.2, 0.25) is 5.91 Å². The van der Waals surface area contributed by atoms with E-state index in [1.807, 2.05) is 18.2 Å². The predicted molar refractivity (Wildman–Crippen MR) is 81.5 cm³/mol. The van der Waals surface area contributed by atoms with Gasteiger partial charge in [0.25, 0.3) is 0 Å². The fourth-order valence-corrected chi connectivity index (χ4v) is 3.21. The van der Waals surface area contributed by atoms with Crippen LogP contribution >= 0.6 is 11.8 Å². The third-order valence-corrected chi connectivity index (χ3v) is 4.48. The molecule has 0 aromatic heterocycles. The molecule has 0 bridgehead atoms. The standard InChI is InChI=1S/C15H22N2OS/c1-2-19-13-8-6-7-12(11-13)17-14(18)15(16)9-4-3-5-10-15/h6-8,11H,2-5,9-10,16H2,1H3,(H,17,18). The lowest BCUT2D eigenvalue weighted by molar-refractivity contribution is -0.122. The second kappa shape index (κ2) is 6.44. The molecule has 19 heavy (non-hydrogen) atoms. The number of nitrogens with two attached hydrogens (primary N) is 1. The van der Waals surface area contributed by atoms with Gasteiger partial charge in [-0.2, -0.15) is 0 Å². The zero-order valence-electron chi connectivity index (χ0n) is 11.4. The second-order valence-corrected chi connectivity index (χ2v) is 6.47. The van der Waals surface area contributed by atoms with Crippen molar-refractivity contribution in [1.82, 2.24) is 0 Å². The Morgan fingerprint density at radius 3 is 2.79 bits per heavy atom. The summed E-state index contributed by atoms with van der Waals surface area (Å²) in [4.78, 5) is 13.5. The predicted octanol–water partition coefficient (Wildman–Crippen LogP) is 3.40. The average molecular weight is 278 g/mol. The molecule has 1 aliphatic carbocycles. The van der Waals surface area contributed by atoms with E-state index in [1.54, 1.807) is 11.8 Å². The van der Waals surface area contributed by atoms with E-state index in [0.717, 1.165) is 37.1 Å². The maximum absolute atomic E-state index is 12.3. The first kappa shape index (κ1) is 14.4. The number of anilines is 1. The lowest BCUT2D eigenvalue weighted by Crippen LogP contribution is -2.52. The van der Waals surface area contributed by atoms with Crippen LogP contribution in [0.4, 0.5) is 5.69 Å². The molecule has 4 heteroatoms. The first-order valence-electron chi connectivity index (χ1n) is 6.97. The van der Waals surface area contributed by atoms with Gasteiger partial charge >= 0.3 is 0 Å². The van der Waals surface area contributed by atoms with Gasteiger partial charge in [-0.3, -0.25) is 4.79 Å². The third-order valence-electron chi connectivity index (χ3n) is 3.60.